The summed E-state index contributed by atoms with van der Waals surface area (Å²) in [7, 11) is 0. The van der Waals surface area contributed by atoms with E-state index in [2.05, 4.69) is 21.2 Å². The number of phenols is 1. The van der Waals surface area contributed by atoms with Crippen LogP contribution < -0.4 is 0 Å². The summed E-state index contributed by atoms with van der Waals surface area (Å²) in [6, 6.07) is 15.2. The van der Waals surface area contributed by atoms with Crippen molar-refractivity contribution in [2.75, 3.05) is 0 Å². The molecule has 0 atom stereocenters. The SMILES string of the molecule is Oc1ccccc1-c1[nH]ncc1-c1nc2ccccc2s1. The maximum absolute atomic E-state index is 10.0. The molecular formula is C16H11N3OS. The van der Waals surface area contributed by atoms with Gasteiger partial charge in [0, 0.05) is 5.56 Å². The number of para-hydroxylation sites is 2. The van der Waals surface area contributed by atoms with Gasteiger partial charge in [-0.1, -0.05) is 24.3 Å². The molecule has 2 N–H and O–H groups in total. The van der Waals surface area contributed by atoms with Gasteiger partial charge < -0.3 is 5.11 Å². The second kappa shape index (κ2) is 4.71. The number of H-pyrrole nitrogens is 1. The number of phenolic OH excluding ortho intramolecular Hbond substituents is 1. The van der Waals surface area contributed by atoms with Crippen molar-refractivity contribution in [1.29, 1.82) is 0 Å². The minimum atomic E-state index is 0.226. The van der Waals surface area contributed by atoms with Crippen LogP contribution >= 0.6 is 11.3 Å². The van der Waals surface area contributed by atoms with Crippen LogP contribution in [-0.4, -0.2) is 20.3 Å². The lowest BCUT2D eigenvalue weighted by Gasteiger charge is -2.03. The molecule has 0 bridgehead atoms. The first-order chi connectivity index (χ1) is 10.3. The van der Waals surface area contributed by atoms with E-state index in [1.54, 1.807) is 29.7 Å². The summed E-state index contributed by atoms with van der Waals surface area (Å²) in [5, 5.41) is 18.0. The smallest absolute Gasteiger partial charge is 0.128 e. The number of nitrogens with one attached hydrogen (secondary N) is 1. The number of rotatable bonds is 2. The predicted octanol–water partition coefficient (Wildman–Crippen LogP) is 4.06. The monoisotopic (exact) mass is 293 g/mol. The van der Waals surface area contributed by atoms with Gasteiger partial charge in [0.05, 0.1) is 27.7 Å². The van der Waals surface area contributed by atoms with E-state index in [9.17, 15) is 5.11 Å². The maximum atomic E-state index is 10.0. The van der Waals surface area contributed by atoms with Gasteiger partial charge in [0.2, 0.25) is 0 Å². The summed E-state index contributed by atoms with van der Waals surface area (Å²) in [6.07, 6.45) is 1.75. The van der Waals surface area contributed by atoms with E-state index >= 15 is 0 Å². The highest BCUT2D eigenvalue weighted by atomic mass is 32.1. The lowest BCUT2D eigenvalue weighted by Crippen LogP contribution is -1.83. The number of aromatic amines is 1. The zero-order valence-corrected chi connectivity index (χ0v) is 11.8. The first-order valence-corrected chi connectivity index (χ1v) is 7.32. The third-order valence-corrected chi connectivity index (χ3v) is 4.41. The summed E-state index contributed by atoms with van der Waals surface area (Å²) in [4.78, 5) is 4.65. The lowest BCUT2D eigenvalue weighted by molar-refractivity contribution is 0.477. The summed E-state index contributed by atoms with van der Waals surface area (Å²) in [5.74, 6) is 0.226. The van der Waals surface area contributed by atoms with E-state index < -0.39 is 0 Å². The molecule has 2 aromatic heterocycles. The van der Waals surface area contributed by atoms with E-state index in [0.717, 1.165) is 32.0 Å². The Labute approximate surface area is 124 Å². The molecular weight excluding hydrogens is 282 g/mol. The molecule has 2 aromatic carbocycles. The third kappa shape index (κ3) is 1.98. The van der Waals surface area contributed by atoms with E-state index in [1.807, 2.05) is 30.3 Å². The standard InChI is InChI=1S/C16H11N3OS/c20-13-7-3-1-5-10(13)15-11(9-17-19-15)16-18-12-6-2-4-8-14(12)21-16/h1-9,20H,(H,17,19). The van der Waals surface area contributed by atoms with Gasteiger partial charge in [0.15, 0.2) is 0 Å². The van der Waals surface area contributed by atoms with E-state index in [4.69, 9.17) is 0 Å². The van der Waals surface area contributed by atoms with Crippen molar-refractivity contribution in [3.63, 3.8) is 0 Å². The van der Waals surface area contributed by atoms with Crippen LogP contribution in [0.5, 0.6) is 5.75 Å². The largest absolute Gasteiger partial charge is 0.507 e. The van der Waals surface area contributed by atoms with Crippen LogP contribution in [0.25, 0.3) is 32.0 Å². The Morgan fingerprint density at radius 1 is 0.952 bits per heavy atom. The van der Waals surface area contributed by atoms with Gasteiger partial charge in [-0.25, -0.2) is 4.98 Å². The molecule has 0 aliphatic carbocycles. The molecule has 4 nitrogen and oxygen atoms in total. The van der Waals surface area contributed by atoms with Gasteiger partial charge in [-0.15, -0.1) is 11.3 Å². The number of thiazole rings is 1. The quantitative estimate of drug-likeness (QED) is 0.586. The van der Waals surface area contributed by atoms with Crippen molar-refractivity contribution < 1.29 is 5.11 Å². The van der Waals surface area contributed by atoms with Gasteiger partial charge in [-0.3, -0.25) is 5.10 Å². The topological polar surface area (TPSA) is 61.8 Å². The Morgan fingerprint density at radius 3 is 2.62 bits per heavy atom. The zero-order valence-electron chi connectivity index (χ0n) is 10.9. The van der Waals surface area contributed by atoms with Gasteiger partial charge in [-0.05, 0) is 24.3 Å². The average molecular weight is 293 g/mol. The number of fused-ring (bicyclic) bond motifs is 1. The Balaban J connectivity index is 1.91. The summed E-state index contributed by atoms with van der Waals surface area (Å²) in [6.45, 7) is 0. The normalized spacial score (nSPS) is 11.0. The predicted molar refractivity (Wildman–Crippen MR) is 84.3 cm³/mol. The van der Waals surface area contributed by atoms with Gasteiger partial charge in [0.1, 0.15) is 10.8 Å². The second-order valence-electron chi connectivity index (χ2n) is 4.66. The highest BCUT2D eigenvalue weighted by Crippen LogP contribution is 2.37. The fourth-order valence-electron chi connectivity index (χ4n) is 2.33. The molecule has 4 aromatic rings. The second-order valence-corrected chi connectivity index (χ2v) is 5.69. The molecule has 0 saturated carbocycles. The summed E-state index contributed by atoms with van der Waals surface area (Å²) in [5.41, 5.74) is 3.39. The summed E-state index contributed by atoms with van der Waals surface area (Å²) < 4.78 is 1.14. The van der Waals surface area contributed by atoms with Crippen molar-refractivity contribution in [3.05, 3.63) is 54.7 Å². The number of hydrogen-bond donors (Lipinski definition) is 2. The minimum absolute atomic E-state index is 0.226. The van der Waals surface area contributed by atoms with Crippen LogP contribution in [-0.2, 0) is 0 Å². The van der Waals surface area contributed by atoms with E-state index in [0.29, 0.717) is 0 Å². The van der Waals surface area contributed by atoms with Crippen LogP contribution in [0.2, 0.25) is 0 Å². The Bertz CT molecular complexity index is 893. The lowest BCUT2D eigenvalue weighted by atomic mass is 10.1. The molecule has 0 fully saturated rings. The molecule has 0 aliphatic rings. The van der Waals surface area contributed by atoms with Crippen molar-refractivity contribution in [2.24, 2.45) is 0 Å². The number of aromatic hydroxyl groups is 1. The fourth-order valence-corrected chi connectivity index (χ4v) is 3.31. The van der Waals surface area contributed by atoms with Crippen LogP contribution in [0.15, 0.2) is 54.7 Å². The maximum Gasteiger partial charge on any atom is 0.128 e. The minimum Gasteiger partial charge on any atom is -0.507 e. The average Bonchev–Trinajstić information content (AvgIpc) is 3.13. The van der Waals surface area contributed by atoms with Gasteiger partial charge in [-0.2, -0.15) is 5.10 Å². The number of aromatic nitrogens is 3. The van der Waals surface area contributed by atoms with Crippen molar-refractivity contribution >= 4 is 21.6 Å². The summed E-state index contributed by atoms with van der Waals surface area (Å²) >= 11 is 1.62. The molecule has 102 valence electrons. The molecule has 0 aliphatic heterocycles. The Morgan fingerprint density at radius 2 is 1.76 bits per heavy atom. The van der Waals surface area contributed by atoms with Gasteiger partial charge >= 0.3 is 0 Å². The number of nitrogens with zero attached hydrogens (tertiary/aromatic N) is 2. The Kier molecular flexibility index (Phi) is 2.72. The number of benzene rings is 2. The molecule has 21 heavy (non-hydrogen) atoms. The highest BCUT2D eigenvalue weighted by molar-refractivity contribution is 7.21. The van der Waals surface area contributed by atoms with Crippen molar-refractivity contribution in [2.45, 2.75) is 0 Å². The van der Waals surface area contributed by atoms with E-state index in [-0.39, 0.29) is 5.75 Å². The van der Waals surface area contributed by atoms with Crippen LogP contribution in [0.4, 0.5) is 0 Å². The highest BCUT2D eigenvalue weighted by Gasteiger charge is 2.15. The molecule has 4 rings (SSSR count). The van der Waals surface area contributed by atoms with Crippen molar-refractivity contribution in [3.8, 4) is 27.6 Å². The molecule has 0 saturated heterocycles. The molecule has 0 amide bonds. The van der Waals surface area contributed by atoms with E-state index in [1.165, 1.54) is 0 Å². The van der Waals surface area contributed by atoms with Crippen LogP contribution in [0.1, 0.15) is 0 Å². The van der Waals surface area contributed by atoms with Crippen LogP contribution in [0, 0.1) is 0 Å². The zero-order chi connectivity index (χ0) is 14.2. The molecule has 5 heteroatoms. The molecule has 0 unspecified atom stereocenters. The first-order valence-electron chi connectivity index (χ1n) is 6.50. The molecule has 0 spiro atoms. The Hall–Kier alpha value is -2.66. The third-order valence-electron chi connectivity index (χ3n) is 3.34. The molecule has 0 radical (unpaired) electrons. The first kappa shape index (κ1) is 12.1. The number of hydrogen-bond acceptors (Lipinski definition) is 4. The fraction of sp³-hybridized carbons (Fsp3) is 0. The van der Waals surface area contributed by atoms with Crippen molar-refractivity contribution in [1.82, 2.24) is 15.2 Å². The van der Waals surface area contributed by atoms with Crippen LogP contribution in [0.3, 0.4) is 0 Å². The van der Waals surface area contributed by atoms with Gasteiger partial charge in [0.25, 0.3) is 0 Å². The molecule has 2 heterocycles.